The van der Waals surface area contributed by atoms with Gasteiger partial charge in [-0.2, -0.15) is 0 Å². The number of ether oxygens (including phenoxy) is 1. The Balaban J connectivity index is 3.06. The average molecular weight is 280 g/mol. The van der Waals surface area contributed by atoms with E-state index < -0.39 is 11.8 Å². The molecule has 0 fully saturated rings. The summed E-state index contributed by atoms with van der Waals surface area (Å²) in [6, 6.07) is 4.41. The van der Waals surface area contributed by atoms with Crippen molar-refractivity contribution in [1.29, 1.82) is 0 Å². The van der Waals surface area contributed by atoms with Gasteiger partial charge in [0.05, 0.1) is 12.2 Å². The van der Waals surface area contributed by atoms with Crippen LogP contribution < -0.4 is 27.3 Å². The van der Waals surface area contributed by atoms with Crippen LogP contribution in [0.1, 0.15) is 41.0 Å². The largest absolute Gasteiger partial charge is 0.492 e. The standard InChI is InChI=1S/C13H20N4O3/c1-3-8(2)7-20-11-6-9(12(18)16-14)4-5-10(11)13(19)17-15/h4-6,8H,3,7,14-15H2,1-2H3,(H,16,18)(H,17,19). The monoisotopic (exact) mass is 280 g/mol. The highest BCUT2D eigenvalue weighted by Crippen LogP contribution is 2.21. The zero-order chi connectivity index (χ0) is 15.1. The molecule has 6 N–H and O–H groups in total. The number of amides is 2. The molecule has 0 bridgehead atoms. The maximum atomic E-state index is 11.7. The lowest BCUT2D eigenvalue weighted by molar-refractivity contribution is 0.0937. The fraction of sp³-hybridized carbons (Fsp3) is 0.385. The summed E-state index contributed by atoms with van der Waals surface area (Å²) in [5, 5.41) is 0. The van der Waals surface area contributed by atoms with Crippen LogP contribution in [0, 0.1) is 5.92 Å². The van der Waals surface area contributed by atoms with Gasteiger partial charge >= 0.3 is 0 Å². The molecule has 0 saturated heterocycles. The van der Waals surface area contributed by atoms with E-state index in [-0.39, 0.29) is 5.56 Å². The van der Waals surface area contributed by atoms with E-state index >= 15 is 0 Å². The van der Waals surface area contributed by atoms with Crippen molar-refractivity contribution in [3.63, 3.8) is 0 Å². The Kier molecular flexibility index (Phi) is 5.95. The summed E-state index contributed by atoms with van der Waals surface area (Å²) >= 11 is 0. The molecular weight excluding hydrogens is 260 g/mol. The summed E-state index contributed by atoms with van der Waals surface area (Å²) < 4.78 is 5.61. The summed E-state index contributed by atoms with van der Waals surface area (Å²) in [6.07, 6.45) is 0.946. The molecule has 1 rings (SSSR count). The summed E-state index contributed by atoms with van der Waals surface area (Å²) in [5.41, 5.74) is 4.64. The number of carbonyl (C=O) groups is 2. The van der Waals surface area contributed by atoms with E-state index in [2.05, 4.69) is 0 Å². The molecule has 110 valence electrons. The van der Waals surface area contributed by atoms with Gasteiger partial charge in [0, 0.05) is 5.56 Å². The van der Waals surface area contributed by atoms with Crippen molar-refractivity contribution >= 4 is 11.8 Å². The molecular formula is C13H20N4O3. The third-order valence-corrected chi connectivity index (χ3v) is 2.97. The van der Waals surface area contributed by atoms with Gasteiger partial charge in [-0.05, 0) is 24.1 Å². The van der Waals surface area contributed by atoms with Crippen LogP contribution in [0.3, 0.4) is 0 Å². The van der Waals surface area contributed by atoms with Gasteiger partial charge in [0.1, 0.15) is 5.75 Å². The number of rotatable bonds is 6. The van der Waals surface area contributed by atoms with Crippen LogP contribution >= 0.6 is 0 Å². The van der Waals surface area contributed by atoms with E-state index in [1.807, 2.05) is 24.7 Å². The highest BCUT2D eigenvalue weighted by Gasteiger charge is 2.15. The van der Waals surface area contributed by atoms with Crippen molar-refractivity contribution in [3.05, 3.63) is 29.3 Å². The van der Waals surface area contributed by atoms with Gasteiger partial charge in [0.2, 0.25) is 0 Å². The normalized spacial score (nSPS) is 11.6. The van der Waals surface area contributed by atoms with Gasteiger partial charge < -0.3 is 4.74 Å². The number of carbonyl (C=O) groups excluding carboxylic acids is 2. The first-order valence-corrected chi connectivity index (χ1v) is 6.32. The van der Waals surface area contributed by atoms with E-state index in [1.165, 1.54) is 18.2 Å². The first kappa shape index (κ1) is 15.9. The Labute approximate surface area is 117 Å². The molecule has 2 amide bonds. The molecule has 0 radical (unpaired) electrons. The van der Waals surface area contributed by atoms with Crippen LogP contribution in [0.5, 0.6) is 5.75 Å². The maximum Gasteiger partial charge on any atom is 0.268 e. The minimum atomic E-state index is -0.483. The third-order valence-electron chi connectivity index (χ3n) is 2.97. The fourth-order valence-electron chi connectivity index (χ4n) is 1.48. The smallest absolute Gasteiger partial charge is 0.268 e. The summed E-state index contributed by atoms with van der Waals surface area (Å²) in [5.74, 6) is 9.89. The molecule has 1 unspecified atom stereocenters. The Morgan fingerprint density at radius 2 is 1.90 bits per heavy atom. The summed E-state index contributed by atoms with van der Waals surface area (Å²) in [4.78, 5) is 23.2. The fourth-order valence-corrected chi connectivity index (χ4v) is 1.48. The second-order valence-corrected chi connectivity index (χ2v) is 4.48. The number of nitrogen functional groups attached to an aromatic ring is 2. The Morgan fingerprint density at radius 1 is 1.25 bits per heavy atom. The predicted octanol–water partition coefficient (Wildman–Crippen LogP) is 0.319. The number of hydrogen-bond donors (Lipinski definition) is 4. The summed E-state index contributed by atoms with van der Waals surface area (Å²) in [6.45, 7) is 4.51. The first-order valence-electron chi connectivity index (χ1n) is 6.32. The minimum Gasteiger partial charge on any atom is -0.492 e. The van der Waals surface area contributed by atoms with E-state index in [0.717, 1.165) is 6.42 Å². The van der Waals surface area contributed by atoms with Crippen molar-refractivity contribution in [1.82, 2.24) is 10.9 Å². The van der Waals surface area contributed by atoms with Gasteiger partial charge in [0.25, 0.3) is 11.8 Å². The second kappa shape index (κ2) is 7.46. The van der Waals surface area contributed by atoms with Crippen molar-refractivity contribution in [2.24, 2.45) is 17.6 Å². The third kappa shape index (κ3) is 3.94. The van der Waals surface area contributed by atoms with Crippen molar-refractivity contribution in [2.45, 2.75) is 20.3 Å². The molecule has 0 aliphatic carbocycles. The van der Waals surface area contributed by atoms with Gasteiger partial charge in [-0.15, -0.1) is 0 Å². The Morgan fingerprint density at radius 3 is 2.45 bits per heavy atom. The number of hydrazine groups is 2. The van der Waals surface area contributed by atoms with Crippen molar-refractivity contribution < 1.29 is 14.3 Å². The molecule has 0 aliphatic rings. The van der Waals surface area contributed by atoms with Gasteiger partial charge in [0.15, 0.2) is 0 Å². The number of benzene rings is 1. The van der Waals surface area contributed by atoms with Crippen LogP contribution in [-0.4, -0.2) is 18.4 Å². The highest BCUT2D eigenvalue weighted by atomic mass is 16.5. The van der Waals surface area contributed by atoms with Crippen LogP contribution in [0.15, 0.2) is 18.2 Å². The molecule has 20 heavy (non-hydrogen) atoms. The van der Waals surface area contributed by atoms with Crippen molar-refractivity contribution in [2.75, 3.05) is 6.61 Å². The number of hydrogen-bond acceptors (Lipinski definition) is 5. The highest BCUT2D eigenvalue weighted by molar-refractivity contribution is 5.99. The SMILES string of the molecule is CCC(C)COc1cc(C(=O)NN)ccc1C(=O)NN. The van der Waals surface area contributed by atoms with Crippen LogP contribution in [0.4, 0.5) is 0 Å². The van der Waals surface area contributed by atoms with Crippen LogP contribution in [0.2, 0.25) is 0 Å². The lowest BCUT2D eigenvalue weighted by Gasteiger charge is -2.14. The molecule has 0 heterocycles. The summed E-state index contributed by atoms with van der Waals surface area (Å²) in [7, 11) is 0. The van der Waals surface area contributed by atoms with E-state index in [9.17, 15) is 9.59 Å². The van der Waals surface area contributed by atoms with E-state index in [4.69, 9.17) is 16.4 Å². The van der Waals surface area contributed by atoms with Gasteiger partial charge in [-0.1, -0.05) is 20.3 Å². The zero-order valence-electron chi connectivity index (χ0n) is 11.6. The van der Waals surface area contributed by atoms with E-state index in [0.29, 0.717) is 23.8 Å². The van der Waals surface area contributed by atoms with Gasteiger partial charge in [-0.25, -0.2) is 11.7 Å². The average Bonchev–Trinajstić information content (AvgIpc) is 2.50. The second-order valence-electron chi connectivity index (χ2n) is 4.48. The molecule has 1 aromatic carbocycles. The van der Waals surface area contributed by atoms with E-state index in [1.54, 1.807) is 0 Å². The molecule has 0 aliphatic heterocycles. The first-order chi connectivity index (χ1) is 9.53. The number of nitrogens with two attached hydrogens (primary N) is 2. The molecule has 1 atom stereocenters. The Hall–Kier alpha value is -2.12. The van der Waals surface area contributed by atoms with Crippen LogP contribution in [-0.2, 0) is 0 Å². The van der Waals surface area contributed by atoms with Crippen molar-refractivity contribution in [3.8, 4) is 5.75 Å². The Bertz CT molecular complexity index is 491. The molecule has 7 heteroatoms. The molecule has 0 saturated carbocycles. The molecule has 0 spiro atoms. The van der Waals surface area contributed by atoms with Gasteiger partial charge in [-0.3, -0.25) is 20.4 Å². The minimum absolute atomic E-state index is 0.268. The quantitative estimate of drug-likeness (QED) is 0.340. The molecule has 0 aromatic heterocycles. The lowest BCUT2D eigenvalue weighted by atomic mass is 10.1. The molecule has 7 nitrogen and oxygen atoms in total. The maximum absolute atomic E-state index is 11.7. The lowest BCUT2D eigenvalue weighted by Crippen LogP contribution is -2.32. The number of nitrogens with one attached hydrogen (secondary N) is 2. The zero-order valence-corrected chi connectivity index (χ0v) is 11.6. The predicted molar refractivity (Wildman–Crippen MR) is 74.7 cm³/mol. The van der Waals surface area contributed by atoms with Crippen LogP contribution in [0.25, 0.3) is 0 Å². The topological polar surface area (TPSA) is 119 Å². The molecule has 1 aromatic rings.